The van der Waals surface area contributed by atoms with E-state index in [1.165, 1.54) is 41.1 Å². The first-order chi connectivity index (χ1) is 8.65. The Balaban J connectivity index is 1.65. The van der Waals surface area contributed by atoms with Gasteiger partial charge in [-0.1, -0.05) is 6.92 Å². The largest absolute Gasteiger partial charge is 0.312 e. The van der Waals surface area contributed by atoms with Crippen molar-refractivity contribution >= 4 is 43.2 Å². The Morgan fingerprint density at radius 2 is 2.11 bits per heavy atom. The van der Waals surface area contributed by atoms with E-state index in [-0.39, 0.29) is 0 Å². The third kappa shape index (κ3) is 4.60. The molecule has 2 nitrogen and oxygen atoms in total. The van der Waals surface area contributed by atoms with Crippen LogP contribution in [0.4, 0.5) is 0 Å². The molecular formula is C13H20Br2N2S. The molecule has 102 valence electrons. The highest BCUT2D eigenvalue weighted by Crippen LogP contribution is 2.32. The summed E-state index contributed by atoms with van der Waals surface area (Å²) in [5.41, 5.74) is 0. The third-order valence-electron chi connectivity index (χ3n) is 3.26. The summed E-state index contributed by atoms with van der Waals surface area (Å²) in [6, 6.07) is 2.19. The lowest BCUT2D eigenvalue weighted by Crippen LogP contribution is -2.31. The van der Waals surface area contributed by atoms with Crippen molar-refractivity contribution < 1.29 is 0 Å². The fraction of sp³-hybridized carbons (Fsp3) is 0.692. The van der Waals surface area contributed by atoms with E-state index in [0.29, 0.717) is 0 Å². The zero-order chi connectivity index (χ0) is 13.0. The first-order valence-electron chi connectivity index (χ1n) is 6.52. The molecule has 0 amide bonds. The second kappa shape index (κ2) is 7.39. The van der Waals surface area contributed by atoms with Crippen LogP contribution in [0.3, 0.4) is 0 Å². The zero-order valence-corrected chi connectivity index (χ0v) is 14.7. The Kier molecular flexibility index (Phi) is 6.15. The van der Waals surface area contributed by atoms with Crippen molar-refractivity contribution in [2.24, 2.45) is 5.92 Å². The standard InChI is InChI=1S/C13H20Br2N2S/c1-10(9-17-4-2-3-5-17)7-16-8-11-6-12(14)13(15)18-11/h6,10,16H,2-5,7-9H2,1H3. The normalized spacial score (nSPS) is 18.4. The molecule has 2 rings (SSSR count). The monoisotopic (exact) mass is 394 g/mol. The first-order valence-corrected chi connectivity index (χ1v) is 8.92. The van der Waals surface area contributed by atoms with Gasteiger partial charge in [-0.25, -0.2) is 0 Å². The molecule has 0 aliphatic carbocycles. The number of thiophene rings is 1. The average Bonchev–Trinajstić information content (AvgIpc) is 2.90. The smallest absolute Gasteiger partial charge is 0.0843 e. The Hall–Kier alpha value is 0.580. The van der Waals surface area contributed by atoms with Crippen molar-refractivity contribution in [3.63, 3.8) is 0 Å². The second-order valence-electron chi connectivity index (χ2n) is 5.08. The van der Waals surface area contributed by atoms with Gasteiger partial charge in [0.15, 0.2) is 0 Å². The van der Waals surface area contributed by atoms with E-state index in [9.17, 15) is 0 Å². The molecule has 0 radical (unpaired) electrons. The Morgan fingerprint density at radius 3 is 2.72 bits per heavy atom. The van der Waals surface area contributed by atoms with Crippen LogP contribution in [0.15, 0.2) is 14.3 Å². The molecule has 0 spiro atoms. The van der Waals surface area contributed by atoms with Crippen LogP contribution in [-0.2, 0) is 6.54 Å². The number of hydrogen-bond donors (Lipinski definition) is 1. The predicted octanol–water partition coefficient (Wildman–Crippen LogP) is 4.09. The molecule has 1 atom stereocenters. The van der Waals surface area contributed by atoms with Gasteiger partial charge in [-0.3, -0.25) is 0 Å². The zero-order valence-electron chi connectivity index (χ0n) is 10.7. The number of rotatable bonds is 6. The van der Waals surface area contributed by atoms with Crippen LogP contribution in [0.1, 0.15) is 24.6 Å². The first kappa shape index (κ1) is 15.0. The van der Waals surface area contributed by atoms with Crippen molar-refractivity contribution in [2.75, 3.05) is 26.2 Å². The summed E-state index contributed by atoms with van der Waals surface area (Å²) in [5.74, 6) is 0.731. The number of likely N-dealkylation sites (tertiary alicyclic amines) is 1. The highest BCUT2D eigenvalue weighted by molar-refractivity contribution is 9.13. The van der Waals surface area contributed by atoms with E-state index in [4.69, 9.17) is 0 Å². The van der Waals surface area contributed by atoms with Crippen molar-refractivity contribution in [1.29, 1.82) is 0 Å². The summed E-state index contributed by atoms with van der Waals surface area (Å²) in [6.45, 7) is 8.25. The quantitative estimate of drug-likeness (QED) is 0.779. The molecule has 1 aliphatic heterocycles. The van der Waals surface area contributed by atoms with E-state index < -0.39 is 0 Å². The molecule has 1 N–H and O–H groups in total. The second-order valence-corrected chi connectivity index (χ2v) is 8.39. The molecule has 1 aromatic rings. The number of nitrogens with zero attached hydrogens (tertiary/aromatic N) is 1. The third-order valence-corrected chi connectivity index (χ3v) is 6.51. The van der Waals surface area contributed by atoms with Crippen LogP contribution >= 0.6 is 43.2 Å². The van der Waals surface area contributed by atoms with Crippen LogP contribution in [0.5, 0.6) is 0 Å². The van der Waals surface area contributed by atoms with Gasteiger partial charge in [-0.05, 0) is 76.3 Å². The van der Waals surface area contributed by atoms with Crippen molar-refractivity contribution in [1.82, 2.24) is 10.2 Å². The lowest BCUT2D eigenvalue weighted by atomic mass is 10.1. The van der Waals surface area contributed by atoms with E-state index in [1.54, 1.807) is 11.3 Å². The fourth-order valence-electron chi connectivity index (χ4n) is 2.39. The summed E-state index contributed by atoms with van der Waals surface area (Å²) >= 11 is 8.85. The van der Waals surface area contributed by atoms with Gasteiger partial charge in [0.05, 0.1) is 3.79 Å². The number of nitrogens with one attached hydrogen (secondary N) is 1. The minimum Gasteiger partial charge on any atom is -0.312 e. The van der Waals surface area contributed by atoms with Gasteiger partial charge in [-0.2, -0.15) is 0 Å². The predicted molar refractivity (Wildman–Crippen MR) is 86.3 cm³/mol. The van der Waals surface area contributed by atoms with E-state index in [2.05, 4.69) is 55.1 Å². The minimum atomic E-state index is 0.731. The fourth-order valence-corrected chi connectivity index (χ4v) is 4.54. The summed E-state index contributed by atoms with van der Waals surface area (Å²) in [6.07, 6.45) is 2.77. The van der Waals surface area contributed by atoms with Gasteiger partial charge in [0.2, 0.25) is 0 Å². The molecule has 5 heteroatoms. The average molecular weight is 396 g/mol. The maximum absolute atomic E-state index is 3.56. The molecule has 18 heavy (non-hydrogen) atoms. The van der Waals surface area contributed by atoms with Gasteiger partial charge in [0.25, 0.3) is 0 Å². The Labute approximate surface area is 130 Å². The lowest BCUT2D eigenvalue weighted by Gasteiger charge is -2.20. The molecule has 2 heterocycles. The number of hydrogen-bond acceptors (Lipinski definition) is 3. The summed E-state index contributed by atoms with van der Waals surface area (Å²) in [4.78, 5) is 3.96. The van der Waals surface area contributed by atoms with Crippen LogP contribution in [0.2, 0.25) is 0 Å². The maximum atomic E-state index is 3.56. The van der Waals surface area contributed by atoms with Crippen molar-refractivity contribution in [2.45, 2.75) is 26.3 Å². The molecule has 1 unspecified atom stereocenters. The number of halogens is 2. The molecule has 1 aliphatic rings. The topological polar surface area (TPSA) is 15.3 Å². The maximum Gasteiger partial charge on any atom is 0.0843 e. The van der Waals surface area contributed by atoms with Crippen LogP contribution < -0.4 is 5.32 Å². The van der Waals surface area contributed by atoms with Crippen LogP contribution in [-0.4, -0.2) is 31.1 Å². The molecule has 1 saturated heterocycles. The molecule has 0 bridgehead atoms. The summed E-state index contributed by atoms with van der Waals surface area (Å²) in [7, 11) is 0. The van der Waals surface area contributed by atoms with Crippen LogP contribution in [0.25, 0.3) is 0 Å². The summed E-state index contributed by atoms with van der Waals surface area (Å²) in [5, 5.41) is 3.56. The van der Waals surface area contributed by atoms with Crippen molar-refractivity contribution in [3.8, 4) is 0 Å². The highest BCUT2D eigenvalue weighted by atomic mass is 79.9. The minimum absolute atomic E-state index is 0.731. The van der Waals surface area contributed by atoms with Gasteiger partial charge >= 0.3 is 0 Å². The van der Waals surface area contributed by atoms with E-state index >= 15 is 0 Å². The lowest BCUT2D eigenvalue weighted by molar-refractivity contribution is 0.283. The van der Waals surface area contributed by atoms with E-state index in [1.807, 2.05) is 0 Å². The van der Waals surface area contributed by atoms with Gasteiger partial charge in [0, 0.05) is 22.4 Å². The Bertz CT molecular complexity index is 356. The summed E-state index contributed by atoms with van der Waals surface area (Å²) < 4.78 is 2.35. The highest BCUT2D eigenvalue weighted by Gasteiger charge is 2.14. The van der Waals surface area contributed by atoms with Crippen LogP contribution in [0, 0.1) is 5.92 Å². The molecule has 1 aromatic heterocycles. The van der Waals surface area contributed by atoms with Crippen molar-refractivity contribution in [3.05, 3.63) is 19.2 Å². The molecule has 0 aromatic carbocycles. The van der Waals surface area contributed by atoms with Gasteiger partial charge in [0.1, 0.15) is 0 Å². The molecular weight excluding hydrogens is 376 g/mol. The van der Waals surface area contributed by atoms with E-state index in [0.717, 1.165) is 23.5 Å². The van der Waals surface area contributed by atoms with Gasteiger partial charge in [-0.15, -0.1) is 11.3 Å². The Morgan fingerprint density at radius 1 is 1.39 bits per heavy atom. The molecule has 1 fully saturated rings. The molecule has 0 saturated carbocycles. The SMILES string of the molecule is CC(CNCc1cc(Br)c(Br)s1)CN1CCCC1. The van der Waals surface area contributed by atoms with Gasteiger partial charge < -0.3 is 10.2 Å².